The molecule has 1 fully saturated rings. The van der Waals surface area contributed by atoms with E-state index in [0.29, 0.717) is 35.4 Å². The van der Waals surface area contributed by atoms with Gasteiger partial charge in [-0.25, -0.2) is 9.78 Å². The molecular formula is C32H26N2O5. The first kappa shape index (κ1) is 24.4. The molecule has 7 nitrogen and oxygen atoms in total. The van der Waals surface area contributed by atoms with E-state index in [-0.39, 0.29) is 0 Å². The molecule has 0 bridgehead atoms. The average Bonchev–Trinajstić information content (AvgIpc) is 3.71. The van der Waals surface area contributed by atoms with Crippen LogP contribution in [0.5, 0.6) is 0 Å². The largest absolute Gasteiger partial charge is 0.481 e. The van der Waals surface area contributed by atoms with E-state index < -0.39 is 23.6 Å². The van der Waals surface area contributed by atoms with Gasteiger partial charge in [0, 0.05) is 11.8 Å². The molecule has 3 aromatic carbocycles. The summed E-state index contributed by atoms with van der Waals surface area (Å²) in [7, 11) is 0. The molecule has 1 aliphatic rings. The lowest BCUT2D eigenvalue weighted by Gasteiger charge is -2.14. The number of aliphatic carboxylic acids is 1. The van der Waals surface area contributed by atoms with E-state index in [9.17, 15) is 14.7 Å². The van der Waals surface area contributed by atoms with Crippen LogP contribution in [0, 0.1) is 0 Å². The first-order valence-electron chi connectivity index (χ1n) is 12.8. The zero-order chi connectivity index (χ0) is 27.0. The molecule has 0 aliphatic heterocycles. The number of carbonyl (C=O) groups excluding carboxylic acids is 1. The highest BCUT2D eigenvalue weighted by Gasteiger charge is 2.51. The van der Waals surface area contributed by atoms with Crippen LogP contribution in [0.2, 0.25) is 0 Å². The van der Waals surface area contributed by atoms with Crippen LogP contribution in [0.15, 0.2) is 102 Å². The van der Waals surface area contributed by atoms with Gasteiger partial charge in [-0.15, -0.1) is 0 Å². The fourth-order valence-electron chi connectivity index (χ4n) is 4.89. The Morgan fingerprint density at radius 1 is 0.897 bits per heavy atom. The third kappa shape index (κ3) is 4.63. The standard InChI is InChI=1S/C32H26N2O5/c1-20(21-6-3-2-4-7-21)38-31(37)34-27-26-8-5-19-33-29(26)39-28(27)24-11-9-22(10-12-24)23-13-15-25(16-14-23)32(17-18-32)30(35)36/h2-16,19-20H,17-18H2,1H3,(H,34,37)(H,35,36). The lowest BCUT2D eigenvalue weighted by atomic mass is 9.93. The van der Waals surface area contributed by atoms with Gasteiger partial charge in [0.05, 0.1) is 10.8 Å². The molecule has 194 valence electrons. The normalized spacial score (nSPS) is 14.5. The van der Waals surface area contributed by atoms with Crippen molar-refractivity contribution in [1.29, 1.82) is 0 Å². The number of ether oxygens (including phenoxy) is 1. The van der Waals surface area contributed by atoms with Crippen molar-refractivity contribution in [2.75, 3.05) is 5.32 Å². The number of carboxylic acid groups (broad SMARTS) is 1. The van der Waals surface area contributed by atoms with Gasteiger partial charge < -0.3 is 14.3 Å². The Bertz CT molecular complexity index is 1650. The summed E-state index contributed by atoms with van der Waals surface area (Å²) in [5, 5.41) is 13.1. The maximum Gasteiger partial charge on any atom is 0.412 e. The Kier molecular flexibility index (Phi) is 6.11. The minimum Gasteiger partial charge on any atom is -0.481 e. The van der Waals surface area contributed by atoms with Gasteiger partial charge >= 0.3 is 12.1 Å². The first-order chi connectivity index (χ1) is 18.9. The van der Waals surface area contributed by atoms with Crippen molar-refractivity contribution in [3.05, 3.63) is 108 Å². The zero-order valence-electron chi connectivity index (χ0n) is 21.3. The molecule has 2 N–H and O–H groups in total. The number of carbonyl (C=O) groups is 2. The fraction of sp³-hybridized carbons (Fsp3) is 0.156. The molecular weight excluding hydrogens is 492 g/mol. The molecule has 1 unspecified atom stereocenters. The van der Waals surface area contributed by atoms with E-state index >= 15 is 0 Å². The minimum absolute atomic E-state index is 0.408. The maximum absolute atomic E-state index is 12.9. The fourth-order valence-corrected chi connectivity index (χ4v) is 4.89. The van der Waals surface area contributed by atoms with E-state index in [1.54, 1.807) is 12.3 Å². The average molecular weight is 519 g/mol. The quantitative estimate of drug-likeness (QED) is 0.230. The molecule has 1 saturated carbocycles. The second-order valence-corrected chi connectivity index (χ2v) is 9.79. The van der Waals surface area contributed by atoms with E-state index in [1.165, 1.54) is 0 Å². The van der Waals surface area contributed by atoms with E-state index in [1.807, 2.05) is 91.9 Å². The van der Waals surface area contributed by atoms with Gasteiger partial charge in [0.15, 0.2) is 5.76 Å². The van der Waals surface area contributed by atoms with Gasteiger partial charge in [-0.1, -0.05) is 78.9 Å². The van der Waals surface area contributed by atoms with Crippen molar-refractivity contribution in [1.82, 2.24) is 4.98 Å². The number of hydrogen-bond acceptors (Lipinski definition) is 5. The predicted octanol–water partition coefficient (Wildman–Crippen LogP) is 7.59. The summed E-state index contributed by atoms with van der Waals surface area (Å²) >= 11 is 0. The van der Waals surface area contributed by atoms with Crippen LogP contribution in [-0.2, 0) is 14.9 Å². The number of furan rings is 1. The molecule has 0 radical (unpaired) electrons. The summed E-state index contributed by atoms with van der Waals surface area (Å²) in [5.74, 6) is -0.283. The monoisotopic (exact) mass is 518 g/mol. The highest BCUT2D eigenvalue weighted by molar-refractivity contribution is 6.03. The van der Waals surface area contributed by atoms with Gasteiger partial charge in [-0.05, 0) is 54.2 Å². The number of pyridine rings is 1. The molecule has 5 aromatic rings. The van der Waals surface area contributed by atoms with Crippen molar-refractivity contribution >= 4 is 28.8 Å². The smallest absolute Gasteiger partial charge is 0.412 e. The highest BCUT2D eigenvalue weighted by Crippen LogP contribution is 2.48. The molecule has 2 heterocycles. The summed E-state index contributed by atoms with van der Waals surface area (Å²) in [6.45, 7) is 1.82. The first-order valence-corrected chi connectivity index (χ1v) is 12.8. The van der Waals surface area contributed by atoms with Crippen LogP contribution in [0.25, 0.3) is 33.6 Å². The van der Waals surface area contributed by atoms with Crippen molar-refractivity contribution in [2.45, 2.75) is 31.3 Å². The molecule has 1 atom stereocenters. The number of aromatic nitrogens is 1. The van der Waals surface area contributed by atoms with Crippen LogP contribution in [0.3, 0.4) is 0 Å². The Balaban J connectivity index is 1.25. The number of benzene rings is 3. The zero-order valence-corrected chi connectivity index (χ0v) is 21.3. The molecule has 0 saturated heterocycles. The van der Waals surface area contributed by atoms with Gasteiger partial charge in [-0.3, -0.25) is 10.1 Å². The number of amides is 1. The summed E-state index contributed by atoms with van der Waals surface area (Å²) in [6, 6.07) is 28.6. The highest BCUT2D eigenvalue weighted by atomic mass is 16.6. The predicted molar refractivity (Wildman–Crippen MR) is 148 cm³/mol. The van der Waals surface area contributed by atoms with Crippen molar-refractivity contribution < 1.29 is 23.8 Å². The molecule has 1 aliphatic carbocycles. The Morgan fingerprint density at radius 2 is 1.54 bits per heavy atom. The lowest BCUT2D eigenvalue weighted by molar-refractivity contribution is -0.140. The molecule has 7 heteroatoms. The Labute approximate surface area is 225 Å². The third-order valence-corrected chi connectivity index (χ3v) is 7.32. The van der Waals surface area contributed by atoms with E-state index in [2.05, 4.69) is 10.3 Å². The maximum atomic E-state index is 12.9. The second kappa shape index (κ2) is 9.76. The number of fused-ring (bicyclic) bond motifs is 1. The van der Waals surface area contributed by atoms with Gasteiger partial charge in [-0.2, -0.15) is 0 Å². The minimum atomic E-state index is -0.761. The lowest BCUT2D eigenvalue weighted by Crippen LogP contribution is -2.19. The topological polar surface area (TPSA) is 102 Å². The summed E-state index contributed by atoms with van der Waals surface area (Å²) in [6.07, 6.45) is 1.97. The van der Waals surface area contributed by atoms with Gasteiger partial charge in [0.1, 0.15) is 11.8 Å². The third-order valence-electron chi connectivity index (χ3n) is 7.32. The number of anilines is 1. The molecule has 2 aromatic heterocycles. The van der Waals surface area contributed by atoms with Crippen molar-refractivity contribution in [3.63, 3.8) is 0 Å². The van der Waals surface area contributed by atoms with Crippen LogP contribution in [0.4, 0.5) is 10.5 Å². The number of nitrogens with one attached hydrogen (secondary N) is 1. The molecule has 0 spiro atoms. The Hall–Kier alpha value is -4.91. The number of nitrogens with zero attached hydrogens (tertiary/aromatic N) is 1. The number of rotatable bonds is 7. The van der Waals surface area contributed by atoms with Crippen LogP contribution in [0.1, 0.15) is 37.0 Å². The van der Waals surface area contributed by atoms with Crippen LogP contribution in [-0.4, -0.2) is 22.2 Å². The second-order valence-electron chi connectivity index (χ2n) is 9.79. The molecule has 39 heavy (non-hydrogen) atoms. The molecule has 1 amide bonds. The van der Waals surface area contributed by atoms with Gasteiger partial charge in [0.2, 0.25) is 5.71 Å². The van der Waals surface area contributed by atoms with Crippen LogP contribution < -0.4 is 5.32 Å². The molecule has 6 rings (SSSR count). The number of carboxylic acids is 1. The number of hydrogen-bond donors (Lipinski definition) is 2. The summed E-state index contributed by atoms with van der Waals surface area (Å²) in [4.78, 5) is 28.8. The van der Waals surface area contributed by atoms with Crippen molar-refractivity contribution in [3.8, 4) is 22.5 Å². The van der Waals surface area contributed by atoms with Crippen molar-refractivity contribution in [2.24, 2.45) is 0 Å². The SMILES string of the molecule is CC(OC(=O)Nc1c(-c2ccc(-c3ccc(C4(C(=O)O)CC4)cc3)cc2)oc2ncccc12)c1ccccc1. The van der Waals surface area contributed by atoms with E-state index in [0.717, 1.165) is 27.8 Å². The van der Waals surface area contributed by atoms with Crippen LogP contribution >= 0.6 is 0 Å². The Morgan fingerprint density at radius 3 is 2.18 bits per heavy atom. The summed E-state index contributed by atoms with van der Waals surface area (Å²) < 4.78 is 11.7. The van der Waals surface area contributed by atoms with Gasteiger partial charge in [0.25, 0.3) is 0 Å². The van der Waals surface area contributed by atoms with E-state index in [4.69, 9.17) is 9.15 Å². The summed E-state index contributed by atoms with van der Waals surface area (Å²) in [5.41, 5.74) is 4.64.